The topological polar surface area (TPSA) is 72.5 Å². The van der Waals surface area contributed by atoms with Crippen LogP contribution < -0.4 is 5.73 Å². The van der Waals surface area contributed by atoms with Crippen molar-refractivity contribution in [1.29, 1.82) is 0 Å². The minimum atomic E-state index is -0.955. The summed E-state index contributed by atoms with van der Waals surface area (Å²) in [6.07, 6.45) is 2.51. The number of aliphatic carboxylic acids is 1. The van der Waals surface area contributed by atoms with Crippen LogP contribution in [0.1, 0.15) is 29.9 Å². The van der Waals surface area contributed by atoms with Crippen molar-refractivity contribution in [1.82, 2.24) is 0 Å². The predicted octanol–water partition coefficient (Wildman–Crippen LogP) is 1.54. The lowest BCUT2D eigenvalue weighted by atomic mass is 9.90. The average Bonchev–Trinajstić information content (AvgIpc) is 2.40. The second-order valence-corrected chi connectivity index (χ2v) is 4.78. The Morgan fingerprint density at radius 3 is 2.50 bits per heavy atom. The summed E-state index contributed by atoms with van der Waals surface area (Å²) in [5.41, 5.74) is 7.80. The van der Waals surface area contributed by atoms with Gasteiger partial charge in [0.25, 0.3) is 0 Å². The van der Waals surface area contributed by atoms with E-state index in [1.165, 1.54) is 5.56 Å². The first-order valence-electron chi connectivity index (χ1n) is 6.32. The third kappa shape index (κ3) is 3.31. The van der Waals surface area contributed by atoms with Gasteiger partial charge in [-0.3, -0.25) is 4.79 Å². The maximum absolute atomic E-state index is 10.7. The van der Waals surface area contributed by atoms with Crippen LogP contribution in [-0.2, 0) is 16.0 Å². The summed E-state index contributed by atoms with van der Waals surface area (Å²) in [4.78, 5) is 10.7. The Morgan fingerprint density at radius 1 is 1.33 bits per heavy atom. The number of hydrogen-bond acceptors (Lipinski definition) is 3. The van der Waals surface area contributed by atoms with Gasteiger partial charge in [-0.25, -0.2) is 0 Å². The molecule has 3 N–H and O–H groups in total. The molecule has 98 valence electrons. The van der Waals surface area contributed by atoms with Gasteiger partial charge in [-0.2, -0.15) is 0 Å². The molecule has 4 heteroatoms. The van der Waals surface area contributed by atoms with Gasteiger partial charge in [-0.1, -0.05) is 24.3 Å². The van der Waals surface area contributed by atoms with Gasteiger partial charge in [0.05, 0.1) is 0 Å². The maximum Gasteiger partial charge on any atom is 0.320 e. The first-order valence-corrected chi connectivity index (χ1v) is 6.32. The number of ether oxygens (including phenoxy) is 1. The van der Waals surface area contributed by atoms with Gasteiger partial charge in [0.2, 0.25) is 0 Å². The molecule has 0 spiro atoms. The van der Waals surface area contributed by atoms with E-state index in [9.17, 15) is 4.79 Å². The fourth-order valence-corrected chi connectivity index (χ4v) is 2.30. The number of carbonyl (C=O) groups is 1. The Hall–Kier alpha value is -1.39. The Labute approximate surface area is 107 Å². The molecule has 1 saturated heterocycles. The van der Waals surface area contributed by atoms with Crippen molar-refractivity contribution in [2.75, 3.05) is 13.2 Å². The predicted molar refractivity (Wildman–Crippen MR) is 68.6 cm³/mol. The number of hydrogen-bond donors (Lipinski definition) is 2. The van der Waals surface area contributed by atoms with Crippen LogP contribution in [0, 0.1) is 0 Å². The molecule has 2 rings (SSSR count). The highest BCUT2D eigenvalue weighted by Crippen LogP contribution is 2.26. The van der Waals surface area contributed by atoms with E-state index in [1.54, 1.807) is 0 Å². The molecule has 1 unspecified atom stereocenters. The molecular weight excluding hydrogens is 230 g/mol. The quantitative estimate of drug-likeness (QED) is 0.849. The smallest absolute Gasteiger partial charge is 0.320 e. The minimum absolute atomic E-state index is 0.378. The minimum Gasteiger partial charge on any atom is -0.480 e. The third-order valence-electron chi connectivity index (χ3n) is 3.45. The van der Waals surface area contributed by atoms with Crippen molar-refractivity contribution in [3.05, 3.63) is 35.4 Å². The highest BCUT2D eigenvalue weighted by Gasteiger charge is 2.16. The lowest BCUT2D eigenvalue weighted by molar-refractivity contribution is -0.138. The summed E-state index contributed by atoms with van der Waals surface area (Å²) in [6, 6.07) is 7.31. The van der Waals surface area contributed by atoms with Crippen molar-refractivity contribution in [3.63, 3.8) is 0 Å². The molecule has 1 heterocycles. The number of nitrogens with two attached hydrogens (primary N) is 1. The first-order chi connectivity index (χ1) is 8.66. The normalized spacial score (nSPS) is 18.5. The fraction of sp³-hybridized carbons (Fsp3) is 0.500. The van der Waals surface area contributed by atoms with Crippen LogP contribution in [0.2, 0.25) is 0 Å². The standard InChI is InChI=1S/C14H19NO3/c15-13(14(16)17)9-10-1-3-11(4-2-10)12-5-7-18-8-6-12/h1-4,12-13H,5-9,15H2,(H,16,17). The van der Waals surface area contributed by atoms with Crippen LogP contribution in [-0.4, -0.2) is 30.3 Å². The van der Waals surface area contributed by atoms with Crippen molar-refractivity contribution < 1.29 is 14.6 Å². The molecule has 1 aliphatic heterocycles. The van der Waals surface area contributed by atoms with E-state index in [4.69, 9.17) is 15.6 Å². The molecule has 1 aliphatic rings. The van der Waals surface area contributed by atoms with E-state index in [0.717, 1.165) is 31.6 Å². The van der Waals surface area contributed by atoms with E-state index in [1.807, 2.05) is 12.1 Å². The summed E-state index contributed by atoms with van der Waals surface area (Å²) in [6.45, 7) is 1.66. The fourth-order valence-electron chi connectivity index (χ4n) is 2.30. The van der Waals surface area contributed by atoms with Gasteiger partial charge in [0.15, 0.2) is 0 Å². The summed E-state index contributed by atoms with van der Waals surface area (Å²) < 4.78 is 5.34. The van der Waals surface area contributed by atoms with Crippen LogP contribution in [0.5, 0.6) is 0 Å². The zero-order valence-corrected chi connectivity index (χ0v) is 10.3. The summed E-state index contributed by atoms with van der Waals surface area (Å²) in [5, 5.41) is 8.76. The molecular formula is C14H19NO3. The number of rotatable bonds is 4. The zero-order chi connectivity index (χ0) is 13.0. The van der Waals surface area contributed by atoms with E-state index in [-0.39, 0.29) is 0 Å². The van der Waals surface area contributed by atoms with Gasteiger partial charge in [0.1, 0.15) is 6.04 Å². The average molecular weight is 249 g/mol. The Kier molecular flexibility index (Phi) is 4.33. The SMILES string of the molecule is NC(Cc1ccc(C2CCOCC2)cc1)C(=O)O. The second-order valence-electron chi connectivity index (χ2n) is 4.78. The lowest BCUT2D eigenvalue weighted by Gasteiger charge is -2.22. The van der Waals surface area contributed by atoms with Crippen molar-refractivity contribution in [2.45, 2.75) is 31.2 Å². The lowest BCUT2D eigenvalue weighted by Crippen LogP contribution is -2.32. The Balaban J connectivity index is 1.98. The van der Waals surface area contributed by atoms with Crippen LogP contribution in [0.15, 0.2) is 24.3 Å². The molecule has 18 heavy (non-hydrogen) atoms. The largest absolute Gasteiger partial charge is 0.480 e. The van der Waals surface area contributed by atoms with Gasteiger partial charge >= 0.3 is 5.97 Å². The van der Waals surface area contributed by atoms with Crippen LogP contribution in [0.3, 0.4) is 0 Å². The van der Waals surface area contributed by atoms with Crippen molar-refractivity contribution in [3.8, 4) is 0 Å². The molecule has 0 aliphatic carbocycles. The number of benzene rings is 1. The molecule has 1 aromatic rings. The molecule has 0 bridgehead atoms. The molecule has 0 radical (unpaired) electrons. The Morgan fingerprint density at radius 2 is 1.94 bits per heavy atom. The summed E-state index contributed by atoms with van der Waals surface area (Å²) in [7, 11) is 0. The molecule has 1 atom stereocenters. The highest BCUT2D eigenvalue weighted by molar-refractivity contribution is 5.73. The number of carboxylic acid groups (broad SMARTS) is 1. The Bertz CT molecular complexity index is 396. The highest BCUT2D eigenvalue weighted by atomic mass is 16.5. The van der Waals surface area contributed by atoms with Crippen LogP contribution in [0.4, 0.5) is 0 Å². The number of carboxylic acids is 1. The first kappa shape index (κ1) is 13.1. The third-order valence-corrected chi connectivity index (χ3v) is 3.45. The molecule has 1 aromatic carbocycles. The summed E-state index contributed by atoms with van der Waals surface area (Å²) in [5.74, 6) is -0.385. The molecule has 1 fully saturated rings. The second kappa shape index (κ2) is 5.98. The maximum atomic E-state index is 10.7. The van der Waals surface area contributed by atoms with Crippen LogP contribution >= 0.6 is 0 Å². The van der Waals surface area contributed by atoms with E-state index in [2.05, 4.69) is 12.1 Å². The van der Waals surface area contributed by atoms with Crippen molar-refractivity contribution in [2.24, 2.45) is 5.73 Å². The van der Waals surface area contributed by atoms with E-state index in [0.29, 0.717) is 12.3 Å². The molecule has 0 aromatic heterocycles. The van der Waals surface area contributed by atoms with Gasteiger partial charge in [-0.15, -0.1) is 0 Å². The molecule has 0 saturated carbocycles. The monoisotopic (exact) mass is 249 g/mol. The van der Waals surface area contributed by atoms with Crippen molar-refractivity contribution >= 4 is 5.97 Å². The van der Waals surface area contributed by atoms with Gasteiger partial charge in [-0.05, 0) is 36.3 Å². The van der Waals surface area contributed by atoms with Gasteiger partial charge in [0, 0.05) is 13.2 Å². The zero-order valence-electron chi connectivity index (χ0n) is 10.3. The van der Waals surface area contributed by atoms with Gasteiger partial charge < -0.3 is 15.6 Å². The molecule has 4 nitrogen and oxygen atoms in total. The molecule has 0 amide bonds. The summed E-state index contributed by atoms with van der Waals surface area (Å²) >= 11 is 0. The van der Waals surface area contributed by atoms with Crippen LogP contribution in [0.25, 0.3) is 0 Å². The van der Waals surface area contributed by atoms with E-state index >= 15 is 0 Å². The van der Waals surface area contributed by atoms with E-state index < -0.39 is 12.0 Å².